The zero-order chi connectivity index (χ0) is 8.97. The zero-order valence-corrected chi connectivity index (χ0v) is 9.32. The maximum absolute atomic E-state index is 11.0. The van der Waals surface area contributed by atoms with Crippen molar-refractivity contribution < 1.29 is 4.79 Å². The molecule has 0 aliphatic carbocycles. The third-order valence-corrected chi connectivity index (χ3v) is 1.44. The second-order valence-electron chi connectivity index (χ2n) is 2.61. The molecule has 0 aromatic carbocycles. The molecule has 0 saturated heterocycles. The number of hydrogen-bond donors (Lipinski definition) is 3. The fourth-order valence-electron chi connectivity index (χ4n) is 0.724. The molecule has 7 heteroatoms. The van der Waals surface area contributed by atoms with Crippen molar-refractivity contribution in [1.29, 1.82) is 0 Å². The van der Waals surface area contributed by atoms with Crippen molar-refractivity contribution in [2.75, 3.05) is 0 Å². The number of carbonyl (C=O) groups is 1. The zero-order valence-electron chi connectivity index (χ0n) is 7.69. The Hall–Kier alpha value is -0.780. The summed E-state index contributed by atoms with van der Waals surface area (Å²) in [5.41, 5.74) is 6.27. The van der Waals surface area contributed by atoms with Crippen molar-refractivity contribution in [3.63, 3.8) is 0 Å². The molecule has 0 bridgehead atoms. The molecule has 0 fully saturated rings. The predicted molar refractivity (Wildman–Crippen MR) is 58.6 cm³/mol. The van der Waals surface area contributed by atoms with Gasteiger partial charge >= 0.3 is 0 Å². The smallest absolute Gasteiger partial charge is 0.236 e. The minimum absolute atomic E-state index is 0. The van der Waals surface area contributed by atoms with Gasteiger partial charge in [0.05, 0.1) is 12.2 Å². The van der Waals surface area contributed by atoms with Gasteiger partial charge in [0.15, 0.2) is 0 Å². The molecular formula is C7H14Cl2N4O. The van der Waals surface area contributed by atoms with E-state index in [2.05, 4.69) is 15.5 Å². The Bertz CT molecular complexity index is 250. The van der Waals surface area contributed by atoms with Crippen LogP contribution in [0.2, 0.25) is 0 Å². The normalized spacial score (nSPS) is 10.7. The van der Waals surface area contributed by atoms with Crippen LogP contribution < -0.4 is 11.1 Å². The molecule has 14 heavy (non-hydrogen) atoms. The molecule has 1 unspecified atom stereocenters. The maximum Gasteiger partial charge on any atom is 0.236 e. The lowest BCUT2D eigenvalue weighted by atomic mass is 10.3. The number of H-pyrrole nitrogens is 1. The van der Waals surface area contributed by atoms with Crippen LogP contribution in [0.3, 0.4) is 0 Å². The molecule has 1 atom stereocenters. The van der Waals surface area contributed by atoms with Crippen LogP contribution in [-0.4, -0.2) is 22.1 Å². The van der Waals surface area contributed by atoms with Crippen LogP contribution >= 0.6 is 24.8 Å². The second-order valence-corrected chi connectivity index (χ2v) is 2.61. The van der Waals surface area contributed by atoms with Crippen LogP contribution in [0, 0.1) is 0 Å². The number of carbonyl (C=O) groups excluding carboxylic acids is 1. The molecule has 4 N–H and O–H groups in total. The van der Waals surface area contributed by atoms with Gasteiger partial charge in [0.1, 0.15) is 0 Å². The summed E-state index contributed by atoms with van der Waals surface area (Å²) in [6.45, 7) is 2.11. The Morgan fingerprint density at radius 3 is 2.79 bits per heavy atom. The van der Waals surface area contributed by atoms with E-state index in [1.165, 1.54) is 0 Å². The number of amides is 1. The SMILES string of the molecule is CC(N)C(=O)NCc1cn[nH]c1.Cl.Cl. The molecule has 0 aliphatic rings. The molecule has 5 nitrogen and oxygen atoms in total. The molecule has 1 aromatic heterocycles. The van der Waals surface area contributed by atoms with E-state index in [0.717, 1.165) is 5.56 Å². The highest BCUT2D eigenvalue weighted by atomic mass is 35.5. The third-order valence-electron chi connectivity index (χ3n) is 1.44. The average Bonchev–Trinajstić information content (AvgIpc) is 2.51. The van der Waals surface area contributed by atoms with Crippen molar-refractivity contribution in [2.45, 2.75) is 19.5 Å². The summed E-state index contributed by atoms with van der Waals surface area (Å²) in [6, 6.07) is -0.461. The summed E-state index contributed by atoms with van der Waals surface area (Å²) < 4.78 is 0. The molecule has 0 saturated carbocycles. The van der Waals surface area contributed by atoms with Crippen molar-refractivity contribution in [2.24, 2.45) is 5.73 Å². The highest BCUT2D eigenvalue weighted by Crippen LogP contribution is 1.91. The third kappa shape index (κ3) is 5.06. The molecule has 1 heterocycles. The first-order valence-corrected chi connectivity index (χ1v) is 3.71. The van der Waals surface area contributed by atoms with E-state index in [1.54, 1.807) is 19.3 Å². The van der Waals surface area contributed by atoms with Crippen LogP contribution in [0.1, 0.15) is 12.5 Å². The van der Waals surface area contributed by atoms with Gasteiger partial charge in [-0.25, -0.2) is 0 Å². The lowest BCUT2D eigenvalue weighted by molar-refractivity contribution is -0.122. The van der Waals surface area contributed by atoms with Gasteiger partial charge in [0, 0.05) is 18.3 Å². The standard InChI is InChI=1S/C7H12N4O.2ClH/c1-5(8)7(12)9-2-6-3-10-11-4-6;;/h3-5H,2,8H2,1H3,(H,9,12)(H,10,11);2*1H. The Labute approximate surface area is 94.6 Å². The number of nitrogens with one attached hydrogen (secondary N) is 2. The number of nitrogens with two attached hydrogens (primary N) is 1. The molecule has 82 valence electrons. The van der Waals surface area contributed by atoms with E-state index >= 15 is 0 Å². The van der Waals surface area contributed by atoms with Crippen LogP contribution in [-0.2, 0) is 11.3 Å². The number of nitrogens with zero attached hydrogens (tertiary/aromatic N) is 1. The predicted octanol–water partition coefficient (Wildman–Crippen LogP) is 0.217. The fourth-order valence-corrected chi connectivity index (χ4v) is 0.724. The number of halogens is 2. The van der Waals surface area contributed by atoms with Gasteiger partial charge in [-0.2, -0.15) is 5.10 Å². The molecule has 1 aromatic rings. The fraction of sp³-hybridized carbons (Fsp3) is 0.429. The number of aromatic nitrogens is 2. The van der Waals surface area contributed by atoms with E-state index in [1.807, 2.05) is 0 Å². The van der Waals surface area contributed by atoms with Crippen LogP contribution in [0.5, 0.6) is 0 Å². The Kier molecular flexibility index (Phi) is 8.52. The minimum atomic E-state index is -0.461. The lowest BCUT2D eigenvalue weighted by Crippen LogP contribution is -2.37. The van der Waals surface area contributed by atoms with E-state index in [-0.39, 0.29) is 30.7 Å². The Morgan fingerprint density at radius 1 is 1.71 bits per heavy atom. The summed E-state index contributed by atoms with van der Waals surface area (Å²) in [5, 5.41) is 9.05. The summed E-state index contributed by atoms with van der Waals surface area (Å²) in [6.07, 6.45) is 3.38. The van der Waals surface area contributed by atoms with Crippen LogP contribution in [0.25, 0.3) is 0 Å². The van der Waals surface area contributed by atoms with Crippen molar-refractivity contribution in [3.8, 4) is 0 Å². The van der Waals surface area contributed by atoms with E-state index in [4.69, 9.17) is 5.73 Å². The van der Waals surface area contributed by atoms with Gasteiger partial charge in [-0.05, 0) is 6.92 Å². The van der Waals surface area contributed by atoms with Crippen molar-refractivity contribution in [1.82, 2.24) is 15.5 Å². The highest BCUT2D eigenvalue weighted by Gasteiger charge is 2.05. The first kappa shape index (κ1) is 15.7. The van der Waals surface area contributed by atoms with E-state index in [9.17, 15) is 4.79 Å². The van der Waals surface area contributed by atoms with Crippen molar-refractivity contribution >= 4 is 30.7 Å². The molecular weight excluding hydrogens is 227 g/mol. The van der Waals surface area contributed by atoms with Gasteiger partial charge in [0.2, 0.25) is 5.91 Å². The Balaban J connectivity index is 0. The summed E-state index contributed by atoms with van der Waals surface area (Å²) in [7, 11) is 0. The molecule has 0 aliphatic heterocycles. The molecule has 1 rings (SSSR count). The van der Waals surface area contributed by atoms with Crippen LogP contribution in [0.15, 0.2) is 12.4 Å². The number of rotatable bonds is 3. The quantitative estimate of drug-likeness (QED) is 0.707. The summed E-state index contributed by atoms with van der Waals surface area (Å²) in [4.78, 5) is 11.0. The molecule has 0 spiro atoms. The lowest BCUT2D eigenvalue weighted by Gasteiger charge is -2.05. The second kappa shape index (κ2) is 7.61. The largest absolute Gasteiger partial charge is 0.351 e. The first-order valence-electron chi connectivity index (χ1n) is 3.71. The van der Waals surface area contributed by atoms with Gasteiger partial charge in [-0.15, -0.1) is 24.8 Å². The highest BCUT2D eigenvalue weighted by molar-refractivity contribution is 5.85. The monoisotopic (exact) mass is 240 g/mol. The maximum atomic E-state index is 11.0. The van der Waals surface area contributed by atoms with Crippen molar-refractivity contribution in [3.05, 3.63) is 18.0 Å². The Morgan fingerprint density at radius 2 is 2.36 bits per heavy atom. The van der Waals surface area contributed by atoms with E-state index in [0.29, 0.717) is 6.54 Å². The number of aromatic amines is 1. The van der Waals surface area contributed by atoms with Gasteiger partial charge in [-0.1, -0.05) is 0 Å². The van der Waals surface area contributed by atoms with Crippen LogP contribution in [0.4, 0.5) is 0 Å². The topological polar surface area (TPSA) is 83.8 Å². The molecule has 0 radical (unpaired) electrons. The summed E-state index contributed by atoms with van der Waals surface area (Å²) >= 11 is 0. The van der Waals surface area contributed by atoms with Gasteiger partial charge in [-0.3, -0.25) is 9.89 Å². The summed E-state index contributed by atoms with van der Waals surface area (Å²) in [5.74, 6) is -0.156. The first-order chi connectivity index (χ1) is 5.70. The van der Waals surface area contributed by atoms with Gasteiger partial charge < -0.3 is 11.1 Å². The van der Waals surface area contributed by atoms with Gasteiger partial charge in [0.25, 0.3) is 0 Å². The average molecular weight is 241 g/mol. The van der Waals surface area contributed by atoms with E-state index < -0.39 is 6.04 Å². The minimum Gasteiger partial charge on any atom is -0.351 e. The number of hydrogen-bond acceptors (Lipinski definition) is 3. The molecule has 1 amide bonds.